The fourth-order valence-electron chi connectivity index (χ4n) is 2.45. The Bertz CT molecular complexity index is 859. The standard InChI is InChI=1S/C17H14N4O5/c1-26-17(25)10-2-4-11(5-3-10)20-12(22)6-9-21-15(23)13-14(16(21)24)19-8-7-18-13/h2-5,7-8H,6,9H2,1H3,(H,20,22). The third-order valence-electron chi connectivity index (χ3n) is 3.75. The van der Waals surface area contributed by atoms with Crippen molar-refractivity contribution in [2.24, 2.45) is 0 Å². The van der Waals surface area contributed by atoms with Crippen LogP contribution in [0.4, 0.5) is 5.69 Å². The molecule has 0 aliphatic carbocycles. The molecule has 0 atom stereocenters. The summed E-state index contributed by atoms with van der Waals surface area (Å²) in [6, 6.07) is 6.14. The second-order valence-corrected chi connectivity index (χ2v) is 5.38. The van der Waals surface area contributed by atoms with Crippen LogP contribution in [0.5, 0.6) is 0 Å². The Morgan fingerprint density at radius 1 is 1.04 bits per heavy atom. The number of carbonyl (C=O) groups excluding carboxylic acids is 4. The third-order valence-corrected chi connectivity index (χ3v) is 3.75. The average molecular weight is 354 g/mol. The van der Waals surface area contributed by atoms with Crippen LogP contribution in [0.3, 0.4) is 0 Å². The molecule has 1 aromatic heterocycles. The number of benzene rings is 1. The number of nitrogens with zero attached hydrogens (tertiary/aromatic N) is 3. The molecular formula is C17H14N4O5. The molecule has 9 heteroatoms. The number of hydrogen-bond donors (Lipinski definition) is 1. The minimum Gasteiger partial charge on any atom is -0.465 e. The van der Waals surface area contributed by atoms with E-state index in [9.17, 15) is 19.2 Å². The molecule has 3 amide bonds. The van der Waals surface area contributed by atoms with E-state index in [0.717, 1.165) is 4.90 Å². The minimum absolute atomic E-state index is 0.00342. The number of amides is 3. The average Bonchev–Trinajstić information content (AvgIpc) is 2.91. The summed E-state index contributed by atoms with van der Waals surface area (Å²) < 4.78 is 4.59. The zero-order valence-electron chi connectivity index (χ0n) is 13.8. The quantitative estimate of drug-likeness (QED) is 0.625. The highest BCUT2D eigenvalue weighted by Gasteiger charge is 2.37. The maximum absolute atomic E-state index is 12.1. The van der Waals surface area contributed by atoms with Gasteiger partial charge in [-0.3, -0.25) is 19.3 Å². The summed E-state index contributed by atoms with van der Waals surface area (Å²) in [5.74, 6) is -1.98. The van der Waals surface area contributed by atoms with Gasteiger partial charge in [0.1, 0.15) is 0 Å². The van der Waals surface area contributed by atoms with Gasteiger partial charge in [0.05, 0.1) is 12.7 Å². The van der Waals surface area contributed by atoms with E-state index in [1.54, 1.807) is 12.1 Å². The lowest BCUT2D eigenvalue weighted by Crippen LogP contribution is -2.33. The molecule has 0 spiro atoms. The largest absolute Gasteiger partial charge is 0.465 e. The summed E-state index contributed by atoms with van der Waals surface area (Å²) in [5, 5.41) is 2.63. The van der Waals surface area contributed by atoms with E-state index in [1.165, 1.54) is 31.6 Å². The van der Waals surface area contributed by atoms with Crippen LogP contribution in [-0.4, -0.2) is 52.2 Å². The maximum Gasteiger partial charge on any atom is 0.337 e. The molecule has 0 saturated carbocycles. The van der Waals surface area contributed by atoms with E-state index in [2.05, 4.69) is 20.0 Å². The molecule has 26 heavy (non-hydrogen) atoms. The number of ether oxygens (including phenoxy) is 1. The molecular weight excluding hydrogens is 340 g/mol. The molecule has 1 aliphatic heterocycles. The first kappa shape index (κ1) is 17.2. The van der Waals surface area contributed by atoms with Gasteiger partial charge in [0.2, 0.25) is 5.91 Å². The Morgan fingerprint density at radius 2 is 1.62 bits per heavy atom. The Hall–Kier alpha value is -3.62. The molecule has 2 aromatic rings. The number of imide groups is 1. The number of aromatic nitrogens is 2. The fourth-order valence-corrected chi connectivity index (χ4v) is 2.45. The monoisotopic (exact) mass is 354 g/mol. The zero-order chi connectivity index (χ0) is 18.7. The highest BCUT2D eigenvalue weighted by molar-refractivity contribution is 6.19. The Labute approximate surface area is 148 Å². The number of nitrogens with one attached hydrogen (secondary N) is 1. The van der Waals surface area contributed by atoms with Gasteiger partial charge < -0.3 is 10.1 Å². The lowest BCUT2D eigenvalue weighted by atomic mass is 10.2. The van der Waals surface area contributed by atoms with Crippen molar-refractivity contribution in [3.05, 3.63) is 53.6 Å². The van der Waals surface area contributed by atoms with Crippen LogP contribution in [0.2, 0.25) is 0 Å². The highest BCUT2D eigenvalue weighted by atomic mass is 16.5. The summed E-state index contributed by atoms with van der Waals surface area (Å²) in [4.78, 5) is 56.3. The number of methoxy groups -OCH3 is 1. The van der Waals surface area contributed by atoms with Gasteiger partial charge in [0, 0.05) is 31.0 Å². The van der Waals surface area contributed by atoms with Gasteiger partial charge in [0.15, 0.2) is 11.4 Å². The van der Waals surface area contributed by atoms with Crippen LogP contribution >= 0.6 is 0 Å². The molecule has 1 N–H and O–H groups in total. The van der Waals surface area contributed by atoms with Crippen LogP contribution in [-0.2, 0) is 9.53 Å². The smallest absolute Gasteiger partial charge is 0.337 e. The van der Waals surface area contributed by atoms with Crippen molar-refractivity contribution in [3.63, 3.8) is 0 Å². The molecule has 132 valence electrons. The number of rotatable bonds is 5. The highest BCUT2D eigenvalue weighted by Crippen LogP contribution is 2.18. The second kappa shape index (κ2) is 7.09. The fraction of sp³-hybridized carbons (Fsp3) is 0.176. The third kappa shape index (κ3) is 3.27. The molecule has 1 aliphatic rings. The van der Waals surface area contributed by atoms with Crippen molar-refractivity contribution in [3.8, 4) is 0 Å². The summed E-state index contributed by atoms with van der Waals surface area (Å²) in [6.45, 7) is -0.0816. The van der Waals surface area contributed by atoms with Crippen LogP contribution in [0.1, 0.15) is 37.8 Å². The topological polar surface area (TPSA) is 119 Å². The first-order chi connectivity index (χ1) is 12.5. The van der Waals surface area contributed by atoms with E-state index in [4.69, 9.17) is 0 Å². The van der Waals surface area contributed by atoms with Crippen molar-refractivity contribution in [2.75, 3.05) is 19.0 Å². The van der Waals surface area contributed by atoms with E-state index in [-0.39, 0.29) is 30.3 Å². The van der Waals surface area contributed by atoms with Gasteiger partial charge in [0.25, 0.3) is 11.8 Å². The second-order valence-electron chi connectivity index (χ2n) is 5.38. The van der Waals surface area contributed by atoms with Crippen LogP contribution in [0, 0.1) is 0 Å². The predicted octanol–water partition coefficient (Wildman–Crippen LogP) is 0.888. The van der Waals surface area contributed by atoms with Gasteiger partial charge in [-0.05, 0) is 24.3 Å². The first-order valence-electron chi connectivity index (χ1n) is 7.66. The summed E-state index contributed by atoms with van der Waals surface area (Å²) in [6.07, 6.45) is 2.58. The summed E-state index contributed by atoms with van der Waals surface area (Å²) in [7, 11) is 1.28. The van der Waals surface area contributed by atoms with Gasteiger partial charge in [-0.25, -0.2) is 14.8 Å². The Morgan fingerprint density at radius 3 is 2.15 bits per heavy atom. The van der Waals surface area contributed by atoms with Crippen molar-refractivity contribution in [1.82, 2.24) is 14.9 Å². The van der Waals surface area contributed by atoms with Gasteiger partial charge in [-0.2, -0.15) is 0 Å². The SMILES string of the molecule is COC(=O)c1ccc(NC(=O)CCN2C(=O)c3nccnc3C2=O)cc1. The number of anilines is 1. The normalized spacial score (nSPS) is 12.7. The Kier molecular flexibility index (Phi) is 4.70. The number of carbonyl (C=O) groups is 4. The summed E-state index contributed by atoms with van der Waals surface area (Å²) in [5.41, 5.74) is 0.831. The van der Waals surface area contributed by atoms with Gasteiger partial charge >= 0.3 is 5.97 Å². The van der Waals surface area contributed by atoms with E-state index in [0.29, 0.717) is 11.3 Å². The molecule has 2 heterocycles. The van der Waals surface area contributed by atoms with E-state index >= 15 is 0 Å². The van der Waals surface area contributed by atoms with Gasteiger partial charge in [-0.15, -0.1) is 0 Å². The first-order valence-corrected chi connectivity index (χ1v) is 7.66. The molecule has 0 bridgehead atoms. The van der Waals surface area contributed by atoms with Crippen molar-refractivity contribution < 1.29 is 23.9 Å². The number of esters is 1. The van der Waals surface area contributed by atoms with E-state index in [1.807, 2.05) is 0 Å². The van der Waals surface area contributed by atoms with Crippen LogP contribution in [0.25, 0.3) is 0 Å². The molecule has 0 saturated heterocycles. The lowest BCUT2D eigenvalue weighted by Gasteiger charge is -2.13. The van der Waals surface area contributed by atoms with Crippen LogP contribution < -0.4 is 5.32 Å². The molecule has 0 fully saturated rings. The van der Waals surface area contributed by atoms with E-state index < -0.39 is 17.8 Å². The van der Waals surface area contributed by atoms with Crippen molar-refractivity contribution >= 4 is 29.4 Å². The molecule has 1 aromatic carbocycles. The summed E-state index contributed by atoms with van der Waals surface area (Å²) >= 11 is 0. The lowest BCUT2D eigenvalue weighted by molar-refractivity contribution is -0.116. The van der Waals surface area contributed by atoms with Crippen molar-refractivity contribution in [1.29, 1.82) is 0 Å². The zero-order valence-corrected chi connectivity index (χ0v) is 13.8. The number of hydrogen-bond acceptors (Lipinski definition) is 7. The predicted molar refractivity (Wildman–Crippen MR) is 88.4 cm³/mol. The maximum atomic E-state index is 12.1. The van der Waals surface area contributed by atoms with Crippen molar-refractivity contribution in [2.45, 2.75) is 6.42 Å². The van der Waals surface area contributed by atoms with Gasteiger partial charge in [-0.1, -0.05) is 0 Å². The molecule has 0 radical (unpaired) electrons. The molecule has 9 nitrogen and oxygen atoms in total. The molecule has 0 unspecified atom stereocenters. The van der Waals surface area contributed by atoms with Crippen LogP contribution in [0.15, 0.2) is 36.7 Å². The number of fused-ring (bicyclic) bond motifs is 1. The Balaban J connectivity index is 1.57. The molecule has 3 rings (SSSR count). The minimum atomic E-state index is -0.562.